The number of hydrogen-bond donors (Lipinski definition) is 1. The molecular weight excluding hydrogens is 409 g/mol. The molecule has 1 N–H and O–H groups in total. The Morgan fingerprint density at radius 2 is 1.52 bits per heavy atom. The molecule has 150 valence electrons. The van der Waals surface area contributed by atoms with Gasteiger partial charge in [-0.1, -0.05) is 48.5 Å². The number of rotatable bonds is 4. The number of hydrogen-bond acceptors (Lipinski definition) is 4. The smallest absolute Gasteiger partial charge is 0.258 e. The van der Waals surface area contributed by atoms with E-state index < -0.39 is 0 Å². The van der Waals surface area contributed by atoms with Crippen LogP contribution in [0.5, 0.6) is 0 Å². The first-order valence-electron chi connectivity index (χ1n) is 9.65. The number of thiazole rings is 1. The highest BCUT2D eigenvalue weighted by molar-refractivity contribution is 7.14. The van der Waals surface area contributed by atoms with E-state index in [2.05, 4.69) is 10.3 Å². The molecule has 0 bridgehead atoms. The van der Waals surface area contributed by atoms with Crippen LogP contribution in [-0.4, -0.2) is 15.9 Å². The van der Waals surface area contributed by atoms with Crippen LogP contribution in [0.25, 0.3) is 33.4 Å². The van der Waals surface area contributed by atoms with Gasteiger partial charge in [0.05, 0.1) is 22.5 Å². The quantitative estimate of drug-likeness (QED) is 0.362. The summed E-state index contributed by atoms with van der Waals surface area (Å²) in [5.41, 5.74) is 4.43. The van der Waals surface area contributed by atoms with Crippen molar-refractivity contribution in [2.45, 2.75) is 0 Å². The molecule has 31 heavy (non-hydrogen) atoms. The SMILES string of the molecule is O=C(Nc1nc(-c2ccc(F)cc2)cs1)c1cc(-c2ccccc2)nc2ccccc12. The van der Waals surface area contributed by atoms with Crippen LogP contribution in [0.15, 0.2) is 90.3 Å². The van der Waals surface area contributed by atoms with E-state index >= 15 is 0 Å². The van der Waals surface area contributed by atoms with Crippen molar-refractivity contribution in [2.24, 2.45) is 0 Å². The topological polar surface area (TPSA) is 54.9 Å². The number of para-hydroxylation sites is 1. The number of fused-ring (bicyclic) bond motifs is 1. The molecule has 0 aliphatic carbocycles. The first-order valence-corrected chi connectivity index (χ1v) is 10.5. The van der Waals surface area contributed by atoms with Gasteiger partial charge in [0.15, 0.2) is 5.13 Å². The Kier molecular flexibility index (Phi) is 4.98. The summed E-state index contributed by atoms with van der Waals surface area (Å²) in [6, 6.07) is 25.3. The maximum Gasteiger partial charge on any atom is 0.258 e. The van der Waals surface area contributed by atoms with E-state index in [1.807, 2.05) is 66.0 Å². The predicted molar refractivity (Wildman–Crippen MR) is 123 cm³/mol. The summed E-state index contributed by atoms with van der Waals surface area (Å²) in [5, 5.41) is 5.98. The lowest BCUT2D eigenvalue weighted by Crippen LogP contribution is -2.13. The maximum absolute atomic E-state index is 13.2. The van der Waals surface area contributed by atoms with Gasteiger partial charge in [-0.15, -0.1) is 11.3 Å². The lowest BCUT2D eigenvalue weighted by Gasteiger charge is -2.09. The first-order chi connectivity index (χ1) is 15.2. The van der Waals surface area contributed by atoms with Gasteiger partial charge < -0.3 is 0 Å². The molecule has 2 heterocycles. The molecule has 2 aromatic heterocycles. The van der Waals surface area contributed by atoms with Gasteiger partial charge in [-0.2, -0.15) is 0 Å². The summed E-state index contributed by atoms with van der Waals surface area (Å²) in [7, 11) is 0. The van der Waals surface area contributed by atoms with Crippen molar-refractivity contribution in [2.75, 3.05) is 5.32 Å². The summed E-state index contributed by atoms with van der Waals surface area (Å²) in [5.74, 6) is -0.554. The second-order valence-electron chi connectivity index (χ2n) is 6.94. The third kappa shape index (κ3) is 3.93. The largest absolute Gasteiger partial charge is 0.298 e. The molecule has 1 amide bonds. The molecule has 0 aliphatic rings. The van der Waals surface area contributed by atoms with Crippen LogP contribution in [0.3, 0.4) is 0 Å². The molecule has 6 heteroatoms. The van der Waals surface area contributed by atoms with Gasteiger partial charge >= 0.3 is 0 Å². The van der Waals surface area contributed by atoms with Gasteiger partial charge in [0.2, 0.25) is 0 Å². The van der Waals surface area contributed by atoms with Crippen LogP contribution in [0, 0.1) is 5.82 Å². The number of aromatic nitrogens is 2. The molecule has 0 saturated carbocycles. The summed E-state index contributed by atoms with van der Waals surface area (Å²) < 4.78 is 13.2. The van der Waals surface area contributed by atoms with Crippen LogP contribution in [0.1, 0.15) is 10.4 Å². The Morgan fingerprint density at radius 1 is 0.806 bits per heavy atom. The number of amides is 1. The average molecular weight is 425 g/mol. The monoisotopic (exact) mass is 425 g/mol. The van der Waals surface area contributed by atoms with E-state index in [9.17, 15) is 9.18 Å². The van der Waals surface area contributed by atoms with Gasteiger partial charge in [0.1, 0.15) is 5.82 Å². The second kappa shape index (κ2) is 8.08. The number of pyridine rings is 1. The van der Waals surface area contributed by atoms with Crippen LogP contribution in [0.2, 0.25) is 0 Å². The number of nitrogens with one attached hydrogen (secondary N) is 1. The van der Waals surface area contributed by atoms with Gasteiger partial charge in [0, 0.05) is 21.9 Å². The van der Waals surface area contributed by atoms with Gasteiger partial charge in [-0.3, -0.25) is 10.1 Å². The molecule has 5 aromatic rings. The highest BCUT2D eigenvalue weighted by Crippen LogP contribution is 2.28. The Hall–Kier alpha value is -3.90. The third-order valence-electron chi connectivity index (χ3n) is 4.89. The van der Waals surface area contributed by atoms with Crippen molar-refractivity contribution in [1.82, 2.24) is 9.97 Å². The van der Waals surface area contributed by atoms with Crippen LogP contribution >= 0.6 is 11.3 Å². The van der Waals surface area contributed by atoms with Crippen LogP contribution in [0.4, 0.5) is 9.52 Å². The summed E-state index contributed by atoms with van der Waals surface area (Å²) in [6.07, 6.45) is 0. The van der Waals surface area contributed by atoms with Gasteiger partial charge in [-0.05, 0) is 36.4 Å². The van der Waals surface area contributed by atoms with Crippen molar-refractivity contribution in [3.8, 4) is 22.5 Å². The molecule has 0 atom stereocenters. The van der Waals surface area contributed by atoms with E-state index in [4.69, 9.17) is 4.98 Å². The van der Waals surface area contributed by atoms with E-state index in [0.29, 0.717) is 16.4 Å². The molecule has 0 unspecified atom stereocenters. The Labute approximate surface area is 182 Å². The molecule has 0 radical (unpaired) electrons. The molecule has 0 fully saturated rings. The van der Waals surface area contributed by atoms with E-state index in [1.54, 1.807) is 12.1 Å². The molecule has 0 saturated heterocycles. The number of anilines is 1. The van der Waals surface area contributed by atoms with Crippen molar-refractivity contribution in [1.29, 1.82) is 0 Å². The third-order valence-corrected chi connectivity index (χ3v) is 5.65. The zero-order valence-corrected chi connectivity index (χ0v) is 17.1. The fraction of sp³-hybridized carbons (Fsp3) is 0. The van der Waals surface area contributed by atoms with Crippen molar-refractivity contribution in [3.63, 3.8) is 0 Å². The Bertz CT molecular complexity index is 1380. The first kappa shape index (κ1) is 19.1. The summed E-state index contributed by atoms with van der Waals surface area (Å²) in [4.78, 5) is 22.4. The van der Waals surface area contributed by atoms with Crippen LogP contribution in [-0.2, 0) is 0 Å². The Morgan fingerprint density at radius 3 is 2.32 bits per heavy atom. The van der Waals surface area contributed by atoms with Crippen molar-refractivity contribution >= 4 is 33.3 Å². The average Bonchev–Trinajstić information content (AvgIpc) is 3.27. The molecule has 0 aliphatic heterocycles. The normalized spacial score (nSPS) is 10.9. The zero-order valence-electron chi connectivity index (χ0n) is 16.2. The molecule has 4 nitrogen and oxygen atoms in total. The Balaban J connectivity index is 1.49. The van der Waals surface area contributed by atoms with Crippen LogP contribution < -0.4 is 5.32 Å². The minimum Gasteiger partial charge on any atom is -0.298 e. The standard InChI is InChI=1S/C25H16FN3OS/c26-18-12-10-17(11-13-18)23-15-31-25(28-23)29-24(30)20-14-22(16-6-2-1-3-7-16)27-21-9-5-4-8-19(20)21/h1-15H,(H,28,29,30). The molecule has 5 rings (SSSR count). The number of carbonyl (C=O) groups excluding carboxylic acids is 1. The lowest BCUT2D eigenvalue weighted by atomic mass is 10.0. The fourth-order valence-electron chi connectivity index (χ4n) is 3.37. The number of benzene rings is 3. The molecular formula is C25H16FN3OS. The fourth-order valence-corrected chi connectivity index (χ4v) is 4.08. The molecule has 0 spiro atoms. The lowest BCUT2D eigenvalue weighted by molar-refractivity contribution is 0.102. The summed E-state index contributed by atoms with van der Waals surface area (Å²) >= 11 is 1.33. The maximum atomic E-state index is 13.2. The number of nitrogens with zero attached hydrogens (tertiary/aromatic N) is 2. The summed E-state index contributed by atoms with van der Waals surface area (Å²) in [6.45, 7) is 0. The highest BCUT2D eigenvalue weighted by Gasteiger charge is 2.16. The van der Waals surface area contributed by atoms with E-state index in [-0.39, 0.29) is 11.7 Å². The second-order valence-corrected chi connectivity index (χ2v) is 7.80. The zero-order chi connectivity index (χ0) is 21.2. The highest BCUT2D eigenvalue weighted by atomic mass is 32.1. The predicted octanol–water partition coefficient (Wildman–Crippen LogP) is 6.42. The van der Waals surface area contributed by atoms with E-state index in [1.165, 1.54) is 23.5 Å². The minimum absolute atomic E-state index is 0.254. The van der Waals surface area contributed by atoms with Crippen molar-refractivity contribution < 1.29 is 9.18 Å². The van der Waals surface area contributed by atoms with Gasteiger partial charge in [-0.25, -0.2) is 14.4 Å². The van der Waals surface area contributed by atoms with Gasteiger partial charge in [0.25, 0.3) is 5.91 Å². The van der Waals surface area contributed by atoms with E-state index in [0.717, 1.165) is 27.7 Å². The molecule has 3 aromatic carbocycles. The number of halogens is 1. The minimum atomic E-state index is -0.300. The van der Waals surface area contributed by atoms with Crippen molar-refractivity contribution in [3.05, 3.63) is 102 Å². The number of carbonyl (C=O) groups is 1.